The number of aryl methyl sites for hydroxylation is 4. The summed E-state index contributed by atoms with van der Waals surface area (Å²) in [6, 6.07) is 13.3. The molecular formula is C30H46N2O2. The van der Waals surface area contributed by atoms with Crippen molar-refractivity contribution in [2.45, 2.75) is 79.3 Å². The third-order valence-corrected chi connectivity index (χ3v) is 7.17. The van der Waals surface area contributed by atoms with Crippen LogP contribution in [0.1, 0.15) is 61.8 Å². The lowest BCUT2D eigenvalue weighted by molar-refractivity contribution is 0.215. The number of hydrogen-bond acceptors (Lipinski definition) is 4. The van der Waals surface area contributed by atoms with Gasteiger partial charge in [-0.25, -0.2) is 0 Å². The molecular weight excluding hydrogens is 420 g/mol. The Hall–Kier alpha value is -2.04. The molecule has 0 aromatic heterocycles. The lowest BCUT2D eigenvalue weighted by Gasteiger charge is -2.31. The first kappa shape index (κ1) is 26.6. The third kappa shape index (κ3) is 8.02. The monoisotopic (exact) mass is 466 g/mol. The van der Waals surface area contributed by atoms with E-state index >= 15 is 0 Å². The van der Waals surface area contributed by atoms with Crippen molar-refractivity contribution in [3.8, 4) is 11.5 Å². The molecule has 0 saturated heterocycles. The molecule has 2 aromatic rings. The van der Waals surface area contributed by atoms with E-state index in [9.17, 15) is 0 Å². The highest BCUT2D eigenvalue weighted by Gasteiger charge is 2.23. The molecule has 4 unspecified atom stereocenters. The van der Waals surface area contributed by atoms with Crippen LogP contribution in [0.25, 0.3) is 0 Å². The minimum absolute atomic E-state index is 0.347. The molecule has 4 atom stereocenters. The second-order valence-corrected chi connectivity index (χ2v) is 10.6. The van der Waals surface area contributed by atoms with Crippen molar-refractivity contribution < 1.29 is 9.47 Å². The van der Waals surface area contributed by atoms with Crippen LogP contribution in [0.15, 0.2) is 36.4 Å². The van der Waals surface area contributed by atoms with Gasteiger partial charge in [-0.3, -0.25) is 0 Å². The van der Waals surface area contributed by atoms with Crippen molar-refractivity contribution in [3.05, 3.63) is 58.7 Å². The maximum absolute atomic E-state index is 6.14. The molecule has 1 aliphatic rings. The van der Waals surface area contributed by atoms with Gasteiger partial charge in [0.05, 0.1) is 0 Å². The van der Waals surface area contributed by atoms with Gasteiger partial charge in [0.2, 0.25) is 0 Å². The summed E-state index contributed by atoms with van der Waals surface area (Å²) < 4.78 is 12.3. The van der Waals surface area contributed by atoms with E-state index in [2.05, 4.69) is 88.6 Å². The summed E-state index contributed by atoms with van der Waals surface area (Å²) in [5.41, 5.74) is 4.85. The Kier molecular flexibility index (Phi) is 10.3. The number of hydrogen-bond donors (Lipinski definition) is 2. The van der Waals surface area contributed by atoms with E-state index in [1.54, 1.807) is 0 Å². The van der Waals surface area contributed by atoms with Gasteiger partial charge in [-0.05, 0) is 108 Å². The number of nitrogens with one attached hydrogen (secondary N) is 2. The zero-order valence-corrected chi connectivity index (χ0v) is 22.2. The van der Waals surface area contributed by atoms with Gasteiger partial charge in [0, 0.05) is 12.1 Å². The van der Waals surface area contributed by atoms with Gasteiger partial charge in [-0.1, -0.05) is 42.8 Å². The van der Waals surface area contributed by atoms with E-state index in [0.717, 1.165) is 36.4 Å². The van der Waals surface area contributed by atoms with Crippen LogP contribution >= 0.6 is 0 Å². The number of ether oxygens (including phenoxy) is 2. The first-order valence-corrected chi connectivity index (χ1v) is 13.2. The quantitative estimate of drug-likeness (QED) is 0.394. The Morgan fingerprint density at radius 3 is 1.47 bits per heavy atom. The fraction of sp³-hybridized carbons (Fsp3) is 0.600. The molecule has 0 heterocycles. The number of rotatable bonds is 12. The van der Waals surface area contributed by atoms with Crippen LogP contribution in [0.3, 0.4) is 0 Å². The van der Waals surface area contributed by atoms with E-state index < -0.39 is 0 Å². The summed E-state index contributed by atoms with van der Waals surface area (Å²) in [6.07, 6.45) is 5.30. The fourth-order valence-corrected chi connectivity index (χ4v) is 5.10. The maximum Gasteiger partial charge on any atom is 0.125 e. The second kappa shape index (κ2) is 13.2. The highest BCUT2D eigenvalue weighted by Crippen LogP contribution is 2.29. The molecule has 4 nitrogen and oxygen atoms in total. The fourth-order valence-electron chi connectivity index (χ4n) is 5.10. The summed E-state index contributed by atoms with van der Waals surface area (Å²) in [5.74, 6) is 3.58. The molecule has 0 spiro atoms. The van der Waals surface area contributed by atoms with Crippen LogP contribution in [0.2, 0.25) is 0 Å². The molecule has 188 valence electrons. The zero-order chi connectivity index (χ0) is 24.5. The van der Waals surface area contributed by atoms with Crippen LogP contribution in [-0.2, 0) is 0 Å². The van der Waals surface area contributed by atoms with Crippen LogP contribution in [0, 0.1) is 39.5 Å². The molecule has 1 saturated carbocycles. The summed E-state index contributed by atoms with van der Waals surface area (Å²) in [6.45, 7) is 16.5. The van der Waals surface area contributed by atoms with Crippen molar-refractivity contribution >= 4 is 0 Å². The highest BCUT2D eigenvalue weighted by atomic mass is 16.5. The van der Waals surface area contributed by atoms with Gasteiger partial charge < -0.3 is 20.1 Å². The van der Waals surface area contributed by atoms with Gasteiger partial charge in [-0.2, -0.15) is 0 Å². The van der Waals surface area contributed by atoms with Crippen molar-refractivity contribution in [1.82, 2.24) is 10.6 Å². The van der Waals surface area contributed by atoms with Crippen LogP contribution in [-0.4, -0.2) is 38.4 Å². The van der Waals surface area contributed by atoms with Gasteiger partial charge in [0.25, 0.3) is 0 Å². The lowest BCUT2D eigenvalue weighted by atomic mass is 9.81. The number of benzene rings is 2. The van der Waals surface area contributed by atoms with Crippen LogP contribution in [0.5, 0.6) is 11.5 Å². The van der Waals surface area contributed by atoms with Crippen molar-refractivity contribution in [1.29, 1.82) is 0 Å². The lowest BCUT2D eigenvalue weighted by Crippen LogP contribution is -2.39. The van der Waals surface area contributed by atoms with Gasteiger partial charge in [-0.15, -0.1) is 0 Å². The van der Waals surface area contributed by atoms with Crippen molar-refractivity contribution in [2.24, 2.45) is 11.8 Å². The normalized spacial score (nSPS) is 20.1. The first-order valence-electron chi connectivity index (χ1n) is 13.2. The number of para-hydroxylation sites is 2. The minimum Gasteiger partial charge on any atom is -0.491 e. The Bertz CT molecular complexity index is 785. The SMILES string of the molecule is Cc1cccc(C)c1OCC(C)NCC1CCCC(CNC(C)COc2c(C)cccc2C)C1. The predicted octanol–water partition coefficient (Wildman–Crippen LogP) is 6.14. The molecule has 2 N–H and O–H groups in total. The average molecular weight is 467 g/mol. The highest BCUT2D eigenvalue weighted by molar-refractivity contribution is 5.40. The Balaban J connectivity index is 1.34. The van der Waals surface area contributed by atoms with E-state index in [0.29, 0.717) is 25.3 Å². The first-order chi connectivity index (χ1) is 16.3. The van der Waals surface area contributed by atoms with Gasteiger partial charge in [0.1, 0.15) is 24.7 Å². The molecule has 0 amide bonds. The molecule has 1 aliphatic carbocycles. The Morgan fingerprint density at radius 1 is 0.706 bits per heavy atom. The minimum atomic E-state index is 0.347. The zero-order valence-electron chi connectivity index (χ0n) is 22.2. The topological polar surface area (TPSA) is 42.5 Å². The molecule has 1 fully saturated rings. The van der Waals surface area contributed by atoms with Gasteiger partial charge >= 0.3 is 0 Å². The molecule has 0 aliphatic heterocycles. The van der Waals surface area contributed by atoms with E-state index in [4.69, 9.17) is 9.47 Å². The van der Waals surface area contributed by atoms with E-state index in [1.165, 1.54) is 47.9 Å². The average Bonchev–Trinajstić information content (AvgIpc) is 2.81. The van der Waals surface area contributed by atoms with E-state index in [-0.39, 0.29) is 0 Å². The Morgan fingerprint density at radius 2 is 1.09 bits per heavy atom. The van der Waals surface area contributed by atoms with Gasteiger partial charge in [0.15, 0.2) is 0 Å². The predicted molar refractivity (Wildman–Crippen MR) is 143 cm³/mol. The summed E-state index contributed by atoms with van der Waals surface area (Å²) in [4.78, 5) is 0. The standard InChI is InChI=1S/C30H46N2O2/c1-21-10-7-11-22(2)29(21)33-19-25(5)31-17-27-14-9-15-28(16-27)18-32-26(6)20-34-30-23(3)12-8-13-24(30)4/h7-8,10-13,25-28,31-32H,9,14-20H2,1-6H3. The maximum atomic E-state index is 6.14. The Labute approximate surface area is 207 Å². The summed E-state index contributed by atoms with van der Waals surface area (Å²) in [7, 11) is 0. The largest absolute Gasteiger partial charge is 0.491 e. The third-order valence-electron chi connectivity index (χ3n) is 7.17. The summed E-state index contributed by atoms with van der Waals surface area (Å²) in [5, 5.41) is 7.46. The van der Waals surface area contributed by atoms with Crippen molar-refractivity contribution in [2.75, 3.05) is 26.3 Å². The smallest absolute Gasteiger partial charge is 0.125 e. The molecule has 34 heavy (non-hydrogen) atoms. The molecule has 3 rings (SSSR count). The molecule has 0 radical (unpaired) electrons. The van der Waals surface area contributed by atoms with Crippen LogP contribution < -0.4 is 20.1 Å². The second-order valence-electron chi connectivity index (χ2n) is 10.6. The molecule has 4 heteroatoms. The summed E-state index contributed by atoms with van der Waals surface area (Å²) >= 11 is 0. The van der Waals surface area contributed by atoms with Crippen molar-refractivity contribution in [3.63, 3.8) is 0 Å². The molecule has 0 bridgehead atoms. The van der Waals surface area contributed by atoms with E-state index in [1.807, 2.05) is 0 Å². The van der Waals surface area contributed by atoms with Crippen LogP contribution in [0.4, 0.5) is 0 Å². The molecule has 2 aromatic carbocycles.